The molecule has 0 spiro atoms. The Morgan fingerprint density at radius 2 is 2.21 bits per heavy atom. The van der Waals surface area contributed by atoms with Crippen molar-refractivity contribution in [1.82, 2.24) is 20.2 Å². The summed E-state index contributed by atoms with van der Waals surface area (Å²) in [4.78, 5) is 27.3. The molecule has 0 aromatic carbocycles. The van der Waals surface area contributed by atoms with Gasteiger partial charge in [-0.1, -0.05) is 18.7 Å². The van der Waals surface area contributed by atoms with Gasteiger partial charge in [-0.25, -0.2) is 9.78 Å². The van der Waals surface area contributed by atoms with E-state index in [1.165, 1.54) is 11.8 Å². The van der Waals surface area contributed by atoms with Crippen LogP contribution in [0.1, 0.15) is 27.2 Å². The number of aromatic nitrogens is 2. The van der Waals surface area contributed by atoms with Gasteiger partial charge in [-0.05, 0) is 20.3 Å². The molecule has 0 fully saturated rings. The number of carbonyl (C=O) groups is 2. The highest BCUT2D eigenvalue weighted by molar-refractivity contribution is 8.00. The van der Waals surface area contributed by atoms with E-state index < -0.39 is 6.03 Å². The quantitative estimate of drug-likeness (QED) is 0.778. The first-order valence-corrected chi connectivity index (χ1v) is 7.22. The Balaban J connectivity index is 2.53. The first kappa shape index (κ1) is 15.6. The zero-order valence-electron chi connectivity index (χ0n) is 11.5. The van der Waals surface area contributed by atoms with E-state index in [1.54, 1.807) is 20.0 Å². The molecule has 7 heteroatoms. The Bertz CT molecular complexity index is 433. The number of nitrogens with zero attached hydrogens (tertiary/aromatic N) is 2. The molecule has 1 aromatic heterocycles. The average Bonchev–Trinajstić information content (AvgIpc) is 2.77. The van der Waals surface area contributed by atoms with Crippen LogP contribution in [0.3, 0.4) is 0 Å². The summed E-state index contributed by atoms with van der Waals surface area (Å²) < 4.78 is 2.00. The molecule has 1 atom stereocenters. The van der Waals surface area contributed by atoms with Crippen molar-refractivity contribution in [2.45, 2.75) is 44.1 Å². The summed E-state index contributed by atoms with van der Waals surface area (Å²) in [5.41, 5.74) is 0. The van der Waals surface area contributed by atoms with Crippen LogP contribution in [0.15, 0.2) is 17.6 Å². The van der Waals surface area contributed by atoms with E-state index in [-0.39, 0.29) is 11.2 Å². The van der Waals surface area contributed by atoms with Crippen molar-refractivity contribution in [2.75, 3.05) is 6.54 Å². The highest BCUT2D eigenvalue weighted by atomic mass is 32.2. The predicted molar refractivity (Wildman–Crippen MR) is 75.1 cm³/mol. The van der Waals surface area contributed by atoms with Crippen LogP contribution in [0.2, 0.25) is 0 Å². The minimum atomic E-state index is -0.461. The third kappa shape index (κ3) is 4.94. The van der Waals surface area contributed by atoms with Gasteiger partial charge in [0.2, 0.25) is 5.91 Å². The van der Waals surface area contributed by atoms with E-state index >= 15 is 0 Å². The zero-order chi connectivity index (χ0) is 14.3. The zero-order valence-corrected chi connectivity index (χ0v) is 12.3. The Morgan fingerprint density at radius 3 is 2.84 bits per heavy atom. The van der Waals surface area contributed by atoms with Gasteiger partial charge in [-0.15, -0.1) is 0 Å². The molecule has 0 radical (unpaired) electrons. The fourth-order valence-electron chi connectivity index (χ4n) is 1.45. The SMILES string of the molecule is CCCn1ccnc1SC(C)C(=O)NC(=O)NCC. The summed E-state index contributed by atoms with van der Waals surface area (Å²) in [6.07, 6.45) is 4.61. The van der Waals surface area contributed by atoms with Crippen molar-refractivity contribution in [1.29, 1.82) is 0 Å². The Hall–Kier alpha value is -1.50. The molecular formula is C12H20N4O2S. The van der Waals surface area contributed by atoms with Crippen LogP contribution >= 0.6 is 11.8 Å². The van der Waals surface area contributed by atoms with Crippen molar-refractivity contribution < 1.29 is 9.59 Å². The van der Waals surface area contributed by atoms with Gasteiger partial charge < -0.3 is 9.88 Å². The van der Waals surface area contributed by atoms with Crippen LogP contribution in [-0.2, 0) is 11.3 Å². The lowest BCUT2D eigenvalue weighted by molar-refractivity contribution is -0.119. The smallest absolute Gasteiger partial charge is 0.321 e. The fraction of sp³-hybridized carbons (Fsp3) is 0.583. The lowest BCUT2D eigenvalue weighted by Crippen LogP contribution is -2.42. The topological polar surface area (TPSA) is 76.0 Å². The molecule has 1 unspecified atom stereocenters. The van der Waals surface area contributed by atoms with Gasteiger partial charge in [-0.3, -0.25) is 10.1 Å². The molecule has 106 valence electrons. The number of hydrogen-bond acceptors (Lipinski definition) is 4. The molecule has 3 amide bonds. The van der Waals surface area contributed by atoms with E-state index in [0.717, 1.165) is 18.1 Å². The number of carbonyl (C=O) groups excluding carboxylic acids is 2. The molecule has 0 bridgehead atoms. The maximum atomic E-state index is 11.8. The highest BCUT2D eigenvalue weighted by Gasteiger charge is 2.18. The number of rotatable bonds is 6. The lowest BCUT2D eigenvalue weighted by atomic mass is 10.4. The number of aryl methyl sites for hydroxylation is 1. The second kappa shape index (κ2) is 7.83. The van der Waals surface area contributed by atoms with E-state index in [0.29, 0.717) is 6.54 Å². The first-order valence-electron chi connectivity index (χ1n) is 6.35. The molecule has 19 heavy (non-hydrogen) atoms. The number of imide groups is 1. The Kier molecular flexibility index (Phi) is 6.41. The molecule has 0 aliphatic rings. The maximum absolute atomic E-state index is 11.8. The summed E-state index contributed by atoms with van der Waals surface area (Å²) in [6, 6.07) is -0.461. The van der Waals surface area contributed by atoms with Crippen LogP contribution in [-0.4, -0.2) is 33.3 Å². The van der Waals surface area contributed by atoms with Crippen LogP contribution in [0.5, 0.6) is 0 Å². The molecule has 1 rings (SSSR count). The second-order valence-electron chi connectivity index (χ2n) is 4.01. The monoisotopic (exact) mass is 284 g/mol. The average molecular weight is 284 g/mol. The Morgan fingerprint density at radius 1 is 1.47 bits per heavy atom. The van der Waals surface area contributed by atoms with Crippen LogP contribution < -0.4 is 10.6 Å². The normalized spacial score (nSPS) is 11.9. The third-order valence-electron chi connectivity index (χ3n) is 2.37. The minimum absolute atomic E-state index is 0.318. The van der Waals surface area contributed by atoms with Crippen molar-refractivity contribution in [3.63, 3.8) is 0 Å². The first-order chi connectivity index (χ1) is 9.08. The van der Waals surface area contributed by atoms with Gasteiger partial charge in [0.1, 0.15) is 0 Å². The second-order valence-corrected chi connectivity index (χ2v) is 5.32. The summed E-state index contributed by atoms with van der Waals surface area (Å²) in [5, 5.41) is 5.24. The molecule has 0 aliphatic heterocycles. The number of imidazole rings is 1. The third-order valence-corrected chi connectivity index (χ3v) is 3.49. The van der Waals surface area contributed by atoms with E-state index in [2.05, 4.69) is 22.5 Å². The van der Waals surface area contributed by atoms with Crippen molar-refractivity contribution in [2.24, 2.45) is 0 Å². The number of nitrogens with one attached hydrogen (secondary N) is 2. The van der Waals surface area contributed by atoms with Crippen LogP contribution in [0, 0.1) is 0 Å². The number of urea groups is 1. The van der Waals surface area contributed by atoms with Gasteiger partial charge in [0, 0.05) is 25.5 Å². The van der Waals surface area contributed by atoms with Crippen molar-refractivity contribution in [3.8, 4) is 0 Å². The largest absolute Gasteiger partial charge is 0.338 e. The summed E-state index contributed by atoms with van der Waals surface area (Å²) in [6.45, 7) is 6.99. The van der Waals surface area contributed by atoms with Crippen LogP contribution in [0.4, 0.5) is 4.79 Å². The fourth-order valence-corrected chi connectivity index (χ4v) is 2.35. The van der Waals surface area contributed by atoms with Crippen molar-refractivity contribution in [3.05, 3.63) is 12.4 Å². The van der Waals surface area contributed by atoms with Gasteiger partial charge in [0.25, 0.3) is 0 Å². The molecule has 0 aliphatic carbocycles. The van der Waals surface area contributed by atoms with E-state index in [4.69, 9.17) is 0 Å². The molecule has 0 saturated heterocycles. The molecule has 1 heterocycles. The number of amides is 3. The molecule has 2 N–H and O–H groups in total. The molecule has 1 aromatic rings. The maximum Gasteiger partial charge on any atom is 0.321 e. The van der Waals surface area contributed by atoms with Crippen LogP contribution in [0.25, 0.3) is 0 Å². The van der Waals surface area contributed by atoms with Crippen molar-refractivity contribution >= 4 is 23.7 Å². The van der Waals surface area contributed by atoms with Gasteiger partial charge in [-0.2, -0.15) is 0 Å². The minimum Gasteiger partial charge on any atom is -0.338 e. The summed E-state index contributed by atoms with van der Waals surface area (Å²) >= 11 is 1.34. The van der Waals surface area contributed by atoms with Gasteiger partial charge in [0.15, 0.2) is 5.16 Å². The predicted octanol–water partition coefficient (Wildman–Crippen LogP) is 1.62. The van der Waals surface area contributed by atoms with E-state index in [9.17, 15) is 9.59 Å². The lowest BCUT2D eigenvalue weighted by Gasteiger charge is -2.12. The summed E-state index contributed by atoms with van der Waals surface area (Å²) in [5.74, 6) is -0.318. The molecule has 0 saturated carbocycles. The standard InChI is InChI=1S/C12H20N4O2S/c1-4-7-16-8-6-14-12(16)19-9(3)10(17)15-11(18)13-5-2/h6,8-9H,4-5,7H2,1-3H3,(H2,13,15,17,18). The molecular weight excluding hydrogens is 264 g/mol. The number of thioether (sulfide) groups is 1. The van der Waals surface area contributed by atoms with E-state index in [1.807, 2.05) is 10.8 Å². The molecule has 6 nitrogen and oxygen atoms in total. The number of hydrogen-bond donors (Lipinski definition) is 2. The van der Waals surface area contributed by atoms with Gasteiger partial charge in [0.05, 0.1) is 5.25 Å². The van der Waals surface area contributed by atoms with Gasteiger partial charge >= 0.3 is 6.03 Å². The Labute approximate surface area is 117 Å². The summed E-state index contributed by atoms with van der Waals surface area (Å²) in [7, 11) is 0. The highest BCUT2D eigenvalue weighted by Crippen LogP contribution is 2.21.